The number of thioether (sulfide) groups is 1. The number of imide groups is 1. The summed E-state index contributed by atoms with van der Waals surface area (Å²) in [6.45, 7) is 8.06. The molecule has 4 heteroatoms. The highest BCUT2D eigenvalue weighted by Gasteiger charge is 2.40. The molecule has 0 spiro atoms. The number of aryl methyl sites for hydroxylation is 2. The van der Waals surface area contributed by atoms with Gasteiger partial charge in [0.25, 0.3) is 11.8 Å². The van der Waals surface area contributed by atoms with Gasteiger partial charge >= 0.3 is 0 Å². The van der Waals surface area contributed by atoms with Crippen LogP contribution < -0.4 is 4.90 Å². The Bertz CT molecular complexity index is 869. The SMILES string of the molecule is Cc1ccc(C2=C(SC(C)C)C(=O)N(c3ccccc3)C2=O)c(C)c1. The number of benzene rings is 2. The summed E-state index contributed by atoms with van der Waals surface area (Å²) in [6.07, 6.45) is 0. The number of carbonyl (C=O) groups is 2. The molecule has 0 radical (unpaired) electrons. The third-order valence-electron chi connectivity index (χ3n) is 4.06. The van der Waals surface area contributed by atoms with Crippen LogP contribution in [-0.2, 0) is 9.59 Å². The van der Waals surface area contributed by atoms with E-state index in [0.29, 0.717) is 16.2 Å². The van der Waals surface area contributed by atoms with E-state index in [9.17, 15) is 9.59 Å². The van der Waals surface area contributed by atoms with Gasteiger partial charge in [-0.2, -0.15) is 0 Å². The fourth-order valence-corrected chi connectivity index (χ4v) is 3.98. The average molecular weight is 351 g/mol. The van der Waals surface area contributed by atoms with E-state index in [2.05, 4.69) is 0 Å². The van der Waals surface area contributed by atoms with Crippen molar-refractivity contribution in [3.8, 4) is 0 Å². The highest BCUT2D eigenvalue weighted by Crippen LogP contribution is 2.40. The molecule has 0 saturated heterocycles. The van der Waals surface area contributed by atoms with E-state index in [0.717, 1.165) is 16.7 Å². The number of rotatable bonds is 4. The number of amides is 2. The molecule has 0 fully saturated rings. The Morgan fingerprint density at radius 1 is 0.920 bits per heavy atom. The first-order valence-electron chi connectivity index (χ1n) is 8.32. The minimum atomic E-state index is -0.244. The lowest BCUT2D eigenvalue weighted by molar-refractivity contribution is -0.119. The Labute approximate surface area is 152 Å². The first-order chi connectivity index (χ1) is 11.9. The minimum Gasteiger partial charge on any atom is -0.268 e. The molecule has 2 aromatic carbocycles. The van der Waals surface area contributed by atoms with Crippen molar-refractivity contribution in [2.24, 2.45) is 0 Å². The molecule has 1 aliphatic heterocycles. The summed E-state index contributed by atoms with van der Waals surface area (Å²) in [5.41, 5.74) is 4.11. The van der Waals surface area contributed by atoms with Crippen LogP contribution in [0.3, 0.4) is 0 Å². The first-order valence-corrected chi connectivity index (χ1v) is 9.20. The maximum atomic E-state index is 13.2. The third-order valence-corrected chi connectivity index (χ3v) is 5.15. The van der Waals surface area contributed by atoms with E-state index < -0.39 is 0 Å². The Morgan fingerprint density at radius 3 is 2.20 bits per heavy atom. The second-order valence-corrected chi connectivity index (χ2v) is 8.06. The Kier molecular flexibility index (Phi) is 4.82. The van der Waals surface area contributed by atoms with Gasteiger partial charge < -0.3 is 0 Å². The molecule has 2 aromatic rings. The van der Waals surface area contributed by atoms with Crippen LogP contribution in [0.1, 0.15) is 30.5 Å². The van der Waals surface area contributed by atoms with Gasteiger partial charge in [0.05, 0.1) is 16.2 Å². The van der Waals surface area contributed by atoms with E-state index in [1.54, 1.807) is 12.1 Å². The molecule has 0 bridgehead atoms. The van der Waals surface area contributed by atoms with Gasteiger partial charge in [-0.15, -0.1) is 11.8 Å². The molecule has 0 saturated carbocycles. The molecule has 0 N–H and O–H groups in total. The molecule has 0 atom stereocenters. The van der Waals surface area contributed by atoms with Crippen LogP contribution in [0.4, 0.5) is 5.69 Å². The van der Waals surface area contributed by atoms with Crippen LogP contribution in [0.5, 0.6) is 0 Å². The lowest BCUT2D eigenvalue weighted by Gasteiger charge is -2.15. The van der Waals surface area contributed by atoms with Gasteiger partial charge in [-0.05, 0) is 37.1 Å². The number of hydrogen-bond donors (Lipinski definition) is 0. The molecular formula is C21H21NO2S. The normalized spacial score (nSPS) is 14.8. The molecule has 2 amide bonds. The second-order valence-electron chi connectivity index (χ2n) is 6.47. The summed E-state index contributed by atoms with van der Waals surface area (Å²) in [4.78, 5) is 28.0. The van der Waals surface area contributed by atoms with Crippen molar-refractivity contribution < 1.29 is 9.59 Å². The summed E-state index contributed by atoms with van der Waals surface area (Å²) in [6, 6.07) is 15.1. The molecule has 0 aliphatic carbocycles. The van der Waals surface area contributed by atoms with Gasteiger partial charge in [0.1, 0.15) is 0 Å². The predicted molar refractivity (Wildman–Crippen MR) is 104 cm³/mol. The molecule has 3 nitrogen and oxygen atoms in total. The fraction of sp³-hybridized carbons (Fsp3) is 0.238. The summed E-state index contributed by atoms with van der Waals surface area (Å²) in [5.74, 6) is -0.476. The number of para-hydroxylation sites is 1. The van der Waals surface area contributed by atoms with E-state index in [1.807, 2.05) is 64.1 Å². The van der Waals surface area contributed by atoms with Gasteiger partial charge in [0.2, 0.25) is 0 Å². The van der Waals surface area contributed by atoms with Crippen molar-refractivity contribution in [1.82, 2.24) is 0 Å². The van der Waals surface area contributed by atoms with Crippen molar-refractivity contribution in [3.63, 3.8) is 0 Å². The lowest BCUT2D eigenvalue weighted by Crippen LogP contribution is -2.31. The van der Waals surface area contributed by atoms with Crippen LogP contribution in [0, 0.1) is 13.8 Å². The van der Waals surface area contributed by atoms with Gasteiger partial charge in [-0.25, -0.2) is 4.90 Å². The maximum absolute atomic E-state index is 13.2. The molecule has 25 heavy (non-hydrogen) atoms. The van der Waals surface area contributed by atoms with Gasteiger partial charge in [-0.1, -0.05) is 55.8 Å². The van der Waals surface area contributed by atoms with Crippen LogP contribution in [-0.4, -0.2) is 17.1 Å². The van der Waals surface area contributed by atoms with Gasteiger partial charge in [0.15, 0.2) is 0 Å². The summed E-state index contributed by atoms with van der Waals surface area (Å²) >= 11 is 1.46. The molecule has 0 aromatic heterocycles. The summed E-state index contributed by atoms with van der Waals surface area (Å²) < 4.78 is 0. The zero-order valence-electron chi connectivity index (χ0n) is 14.9. The van der Waals surface area contributed by atoms with Crippen molar-refractivity contribution in [2.75, 3.05) is 4.90 Å². The largest absolute Gasteiger partial charge is 0.272 e. The second kappa shape index (κ2) is 6.89. The predicted octanol–water partition coefficient (Wildman–Crippen LogP) is 4.73. The molecular weight excluding hydrogens is 330 g/mol. The van der Waals surface area contributed by atoms with Crippen molar-refractivity contribution in [2.45, 2.75) is 32.9 Å². The summed E-state index contributed by atoms with van der Waals surface area (Å²) in [5, 5.41) is 0.211. The first kappa shape index (κ1) is 17.5. The van der Waals surface area contributed by atoms with Gasteiger partial charge in [0, 0.05) is 5.25 Å². The molecule has 1 aliphatic rings. The molecule has 0 unspecified atom stereocenters. The number of carbonyl (C=O) groups excluding carboxylic acids is 2. The molecule has 128 valence electrons. The molecule has 1 heterocycles. The average Bonchev–Trinajstić information content (AvgIpc) is 2.79. The quantitative estimate of drug-likeness (QED) is 0.747. The monoisotopic (exact) mass is 351 g/mol. The Hall–Kier alpha value is -2.33. The van der Waals surface area contributed by atoms with E-state index >= 15 is 0 Å². The van der Waals surface area contributed by atoms with E-state index in [4.69, 9.17) is 0 Å². The van der Waals surface area contributed by atoms with E-state index in [-0.39, 0.29) is 17.1 Å². The smallest absolute Gasteiger partial charge is 0.268 e. The Morgan fingerprint density at radius 2 is 1.60 bits per heavy atom. The highest BCUT2D eigenvalue weighted by atomic mass is 32.2. The van der Waals surface area contributed by atoms with Crippen LogP contribution in [0.2, 0.25) is 0 Å². The molecule has 3 rings (SSSR count). The zero-order valence-corrected chi connectivity index (χ0v) is 15.7. The Balaban J connectivity index is 2.15. The third kappa shape index (κ3) is 3.27. The van der Waals surface area contributed by atoms with Crippen molar-refractivity contribution in [1.29, 1.82) is 0 Å². The van der Waals surface area contributed by atoms with Crippen LogP contribution in [0.15, 0.2) is 53.4 Å². The van der Waals surface area contributed by atoms with Crippen LogP contribution >= 0.6 is 11.8 Å². The maximum Gasteiger partial charge on any atom is 0.272 e. The highest BCUT2D eigenvalue weighted by molar-refractivity contribution is 8.04. The lowest BCUT2D eigenvalue weighted by atomic mass is 9.99. The van der Waals surface area contributed by atoms with Crippen molar-refractivity contribution >= 4 is 34.8 Å². The number of anilines is 1. The van der Waals surface area contributed by atoms with Crippen molar-refractivity contribution in [3.05, 3.63) is 70.1 Å². The summed E-state index contributed by atoms with van der Waals surface area (Å²) in [7, 11) is 0. The number of nitrogens with zero attached hydrogens (tertiary/aromatic N) is 1. The standard InChI is InChI=1S/C21H21NO2S/c1-13(2)25-19-18(17-11-10-14(3)12-15(17)4)20(23)22(21(19)24)16-8-6-5-7-9-16/h5-13H,1-4H3. The minimum absolute atomic E-state index is 0.211. The fourth-order valence-electron chi connectivity index (χ4n) is 3.00. The van der Waals surface area contributed by atoms with E-state index in [1.165, 1.54) is 16.7 Å². The number of hydrogen-bond acceptors (Lipinski definition) is 3. The van der Waals surface area contributed by atoms with Gasteiger partial charge in [-0.3, -0.25) is 9.59 Å². The van der Waals surface area contributed by atoms with Crippen LogP contribution in [0.25, 0.3) is 5.57 Å². The zero-order chi connectivity index (χ0) is 18.1. The topological polar surface area (TPSA) is 37.4 Å².